The van der Waals surface area contributed by atoms with Crippen molar-refractivity contribution in [2.45, 2.75) is 58.3 Å². The minimum Gasteiger partial charge on any atom is -0.481 e. The predicted molar refractivity (Wildman–Crippen MR) is 70.2 cm³/mol. The van der Waals surface area contributed by atoms with Crippen LogP contribution in [-0.2, 0) is 4.79 Å². The highest BCUT2D eigenvalue weighted by Gasteiger charge is 2.14. The first-order valence-corrected chi connectivity index (χ1v) is 7.16. The van der Waals surface area contributed by atoms with Gasteiger partial charge in [-0.05, 0) is 51.2 Å². The Kier molecular flexibility index (Phi) is 7.25. The zero-order valence-electron chi connectivity index (χ0n) is 11.2. The van der Waals surface area contributed by atoms with Crippen LogP contribution in [0, 0.1) is 5.92 Å². The standard InChI is InChI=1S/C14H27NO2/c1-2-6-13(7-8-14(16)17)9-12-15-10-4-3-5-11-15/h13H,2-12H2,1H3,(H,16,17). The molecule has 1 aliphatic heterocycles. The summed E-state index contributed by atoms with van der Waals surface area (Å²) in [6.45, 7) is 5.86. The van der Waals surface area contributed by atoms with Crippen LogP contribution < -0.4 is 0 Å². The number of nitrogens with zero attached hydrogens (tertiary/aromatic N) is 1. The van der Waals surface area contributed by atoms with Crippen LogP contribution in [0.1, 0.15) is 58.3 Å². The lowest BCUT2D eigenvalue weighted by Crippen LogP contribution is -2.31. The third-order valence-electron chi connectivity index (χ3n) is 3.77. The Morgan fingerprint density at radius 2 is 1.88 bits per heavy atom. The molecule has 0 bridgehead atoms. The van der Waals surface area contributed by atoms with Gasteiger partial charge in [0.2, 0.25) is 0 Å². The molecule has 0 aromatic heterocycles. The van der Waals surface area contributed by atoms with Crippen molar-refractivity contribution in [3.63, 3.8) is 0 Å². The lowest BCUT2D eigenvalue weighted by molar-refractivity contribution is -0.137. The summed E-state index contributed by atoms with van der Waals surface area (Å²) in [5.41, 5.74) is 0. The van der Waals surface area contributed by atoms with Crippen molar-refractivity contribution in [2.24, 2.45) is 5.92 Å². The number of carboxylic acids is 1. The maximum absolute atomic E-state index is 10.6. The SMILES string of the molecule is CCCC(CCC(=O)O)CCN1CCCCC1. The predicted octanol–water partition coefficient (Wildman–Crippen LogP) is 3.14. The van der Waals surface area contributed by atoms with E-state index in [1.54, 1.807) is 0 Å². The molecule has 100 valence electrons. The van der Waals surface area contributed by atoms with E-state index in [4.69, 9.17) is 5.11 Å². The van der Waals surface area contributed by atoms with Crippen LogP contribution in [0.25, 0.3) is 0 Å². The van der Waals surface area contributed by atoms with Crippen molar-refractivity contribution >= 4 is 5.97 Å². The Hall–Kier alpha value is -0.570. The van der Waals surface area contributed by atoms with Crippen LogP contribution in [0.15, 0.2) is 0 Å². The molecule has 1 saturated heterocycles. The van der Waals surface area contributed by atoms with Gasteiger partial charge in [0.25, 0.3) is 0 Å². The van der Waals surface area contributed by atoms with Crippen LogP contribution >= 0.6 is 0 Å². The molecule has 1 rings (SSSR count). The van der Waals surface area contributed by atoms with Gasteiger partial charge in [-0.2, -0.15) is 0 Å². The fourth-order valence-electron chi connectivity index (χ4n) is 2.72. The third kappa shape index (κ3) is 6.67. The molecule has 1 fully saturated rings. The topological polar surface area (TPSA) is 40.5 Å². The van der Waals surface area contributed by atoms with Gasteiger partial charge in [-0.25, -0.2) is 0 Å². The van der Waals surface area contributed by atoms with Gasteiger partial charge in [-0.1, -0.05) is 26.2 Å². The average Bonchev–Trinajstić information content (AvgIpc) is 2.34. The molecule has 1 unspecified atom stereocenters. The number of rotatable bonds is 8. The van der Waals surface area contributed by atoms with E-state index in [-0.39, 0.29) is 0 Å². The molecule has 3 heteroatoms. The monoisotopic (exact) mass is 241 g/mol. The van der Waals surface area contributed by atoms with Gasteiger partial charge in [0, 0.05) is 6.42 Å². The second kappa shape index (κ2) is 8.51. The molecule has 0 radical (unpaired) electrons. The van der Waals surface area contributed by atoms with Gasteiger partial charge in [0.15, 0.2) is 0 Å². The molecule has 17 heavy (non-hydrogen) atoms. The van der Waals surface area contributed by atoms with Gasteiger partial charge in [-0.3, -0.25) is 4.79 Å². The van der Waals surface area contributed by atoms with E-state index in [2.05, 4.69) is 11.8 Å². The van der Waals surface area contributed by atoms with E-state index < -0.39 is 5.97 Å². The van der Waals surface area contributed by atoms with Crippen LogP contribution in [0.3, 0.4) is 0 Å². The number of carbonyl (C=O) groups is 1. The Morgan fingerprint density at radius 3 is 2.47 bits per heavy atom. The first kappa shape index (κ1) is 14.5. The van der Waals surface area contributed by atoms with E-state index in [1.165, 1.54) is 58.2 Å². The first-order valence-electron chi connectivity index (χ1n) is 7.16. The minimum atomic E-state index is -0.649. The van der Waals surface area contributed by atoms with Crippen LogP contribution in [0.4, 0.5) is 0 Å². The van der Waals surface area contributed by atoms with Gasteiger partial charge in [0.1, 0.15) is 0 Å². The summed E-state index contributed by atoms with van der Waals surface area (Å²) in [4.78, 5) is 13.2. The summed E-state index contributed by atoms with van der Waals surface area (Å²) in [7, 11) is 0. The van der Waals surface area contributed by atoms with E-state index in [9.17, 15) is 4.79 Å². The summed E-state index contributed by atoms with van der Waals surface area (Å²) >= 11 is 0. The zero-order chi connectivity index (χ0) is 12.5. The van der Waals surface area contributed by atoms with E-state index in [1.807, 2.05) is 0 Å². The molecule has 0 saturated carbocycles. The van der Waals surface area contributed by atoms with Crippen LogP contribution in [0.2, 0.25) is 0 Å². The van der Waals surface area contributed by atoms with Crippen molar-refractivity contribution < 1.29 is 9.90 Å². The number of carboxylic acid groups (broad SMARTS) is 1. The van der Waals surface area contributed by atoms with Crippen molar-refractivity contribution in [2.75, 3.05) is 19.6 Å². The largest absolute Gasteiger partial charge is 0.481 e. The van der Waals surface area contributed by atoms with Crippen molar-refractivity contribution in [1.82, 2.24) is 4.90 Å². The number of hydrogen-bond donors (Lipinski definition) is 1. The van der Waals surface area contributed by atoms with Gasteiger partial charge in [0.05, 0.1) is 0 Å². The van der Waals surface area contributed by atoms with Crippen molar-refractivity contribution in [1.29, 1.82) is 0 Å². The number of hydrogen-bond acceptors (Lipinski definition) is 2. The molecule has 1 aliphatic rings. The van der Waals surface area contributed by atoms with Gasteiger partial charge < -0.3 is 10.0 Å². The summed E-state index contributed by atoms with van der Waals surface area (Å²) in [5, 5.41) is 8.74. The molecule has 0 aromatic rings. The summed E-state index contributed by atoms with van der Waals surface area (Å²) in [6, 6.07) is 0. The first-order chi connectivity index (χ1) is 8.22. The molecule has 0 aromatic carbocycles. The Bertz CT molecular complexity index is 212. The Labute approximate surface area is 105 Å². The molecule has 0 spiro atoms. The van der Waals surface area contributed by atoms with Crippen LogP contribution in [0.5, 0.6) is 0 Å². The van der Waals surface area contributed by atoms with Crippen molar-refractivity contribution in [3.05, 3.63) is 0 Å². The second-order valence-corrected chi connectivity index (χ2v) is 5.28. The Balaban J connectivity index is 2.19. The van der Waals surface area contributed by atoms with E-state index in [0.717, 1.165) is 6.42 Å². The quantitative estimate of drug-likeness (QED) is 0.709. The van der Waals surface area contributed by atoms with Gasteiger partial charge >= 0.3 is 5.97 Å². The number of piperidine rings is 1. The second-order valence-electron chi connectivity index (χ2n) is 5.28. The molecular weight excluding hydrogens is 214 g/mol. The molecule has 1 heterocycles. The molecule has 0 amide bonds. The highest BCUT2D eigenvalue weighted by Crippen LogP contribution is 2.19. The fourth-order valence-corrected chi connectivity index (χ4v) is 2.72. The molecular formula is C14H27NO2. The highest BCUT2D eigenvalue weighted by atomic mass is 16.4. The maximum atomic E-state index is 10.6. The molecule has 1 atom stereocenters. The smallest absolute Gasteiger partial charge is 0.303 e. The van der Waals surface area contributed by atoms with Crippen LogP contribution in [-0.4, -0.2) is 35.6 Å². The fraction of sp³-hybridized carbons (Fsp3) is 0.929. The lowest BCUT2D eigenvalue weighted by atomic mass is 9.94. The molecule has 3 nitrogen and oxygen atoms in total. The summed E-state index contributed by atoms with van der Waals surface area (Å²) in [6.07, 6.45) is 8.79. The maximum Gasteiger partial charge on any atom is 0.303 e. The minimum absolute atomic E-state index is 0.338. The summed E-state index contributed by atoms with van der Waals surface area (Å²) < 4.78 is 0. The van der Waals surface area contributed by atoms with E-state index in [0.29, 0.717) is 12.3 Å². The lowest BCUT2D eigenvalue weighted by Gasteiger charge is -2.28. The third-order valence-corrected chi connectivity index (χ3v) is 3.77. The Morgan fingerprint density at radius 1 is 1.18 bits per heavy atom. The number of aliphatic carboxylic acids is 1. The van der Waals surface area contributed by atoms with Gasteiger partial charge in [-0.15, -0.1) is 0 Å². The van der Waals surface area contributed by atoms with Crippen molar-refractivity contribution in [3.8, 4) is 0 Å². The molecule has 0 aliphatic carbocycles. The number of likely N-dealkylation sites (tertiary alicyclic amines) is 1. The zero-order valence-corrected chi connectivity index (χ0v) is 11.2. The summed E-state index contributed by atoms with van der Waals surface area (Å²) in [5.74, 6) is -0.0397. The average molecular weight is 241 g/mol. The van der Waals surface area contributed by atoms with E-state index >= 15 is 0 Å². The molecule has 1 N–H and O–H groups in total. The highest BCUT2D eigenvalue weighted by molar-refractivity contribution is 5.66. The normalized spacial score (nSPS) is 19.1.